The summed E-state index contributed by atoms with van der Waals surface area (Å²) in [5, 5.41) is 14.7. The third-order valence-electron chi connectivity index (χ3n) is 5.45. The van der Waals surface area contributed by atoms with Gasteiger partial charge in [-0.3, -0.25) is 15.0 Å². The fourth-order valence-electron chi connectivity index (χ4n) is 4.06. The molecule has 7 nitrogen and oxygen atoms in total. The molecule has 2 atom stereocenters. The molecule has 0 spiro atoms. The van der Waals surface area contributed by atoms with Gasteiger partial charge in [-0.15, -0.1) is 0 Å². The van der Waals surface area contributed by atoms with E-state index in [-0.39, 0.29) is 16.7 Å². The van der Waals surface area contributed by atoms with Gasteiger partial charge in [0.2, 0.25) is 0 Å². The van der Waals surface area contributed by atoms with Gasteiger partial charge in [-0.05, 0) is 50.5 Å². The van der Waals surface area contributed by atoms with Gasteiger partial charge in [-0.25, -0.2) is 0 Å². The van der Waals surface area contributed by atoms with Crippen LogP contribution < -0.4 is 10.1 Å². The molecule has 0 amide bonds. The van der Waals surface area contributed by atoms with Crippen molar-refractivity contribution in [3.8, 4) is 5.75 Å². The highest BCUT2D eigenvalue weighted by Crippen LogP contribution is 2.37. The number of nitro benzene ring substituents is 1. The number of nitrogens with zero attached hydrogens (tertiary/aromatic N) is 3. The number of likely N-dealkylation sites (N-methyl/N-ethyl adjacent to an activating group) is 1. The molecule has 138 valence electrons. The van der Waals surface area contributed by atoms with Crippen molar-refractivity contribution in [3.63, 3.8) is 0 Å². The van der Waals surface area contributed by atoms with E-state index >= 15 is 0 Å². The molecule has 2 heterocycles. The molecule has 2 fully saturated rings. The molecular formula is C18H28N4O3. The highest BCUT2D eigenvalue weighted by molar-refractivity contribution is 5.49. The van der Waals surface area contributed by atoms with Crippen LogP contribution in [-0.4, -0.2) is 68.1 Å². The minimum absolute atomic E-state index is 0.0325. The number of benzene rings is 1. The van der Waals surface area contributed by atoms with E-state index in [0.29, 0.717) is 11.7 Å². The van der Waals surface area contributed by atoms with Crippen LogP contribution in [0.25, 0.3) is 0 Å². The summed E-state index contributed by atoms with van der Waals surface area (Å²) in [6.45, 7) is 6.24. The highest BCUT2D eigenvalue weighted by Gasteiger charge is 2.32. The van der Waals surface area contributed by atoms with Crippen molar-refractivity contribution < 1.29 is 9.66 Å². The molecule has 1 N–H and O–H groups in total. The molecule has 2 aliphatic heterocycles. The first-order chi connectivity index (χ1) is 12.1. The second-order valence-corrected chi connectivity index (χ2v) is 7.08. The standard InChI is InChI=1S/C18H28N4O3/c1-20-8-10-21(11-9-20)18(15-4-3-7-19-13-15)14-5-6-16(22(23)24)17(12-14)25-2/h5-6,12,15,18-19H,3-4,7-11,13H2,1-2H3/t15?,18-/m1/s1. The lowest BCUT2D eigenvalue weighted by Gasteiger charge is -2.43. The predicted octanol–water partition coefficient (Wildman–Crippen LogP) is 1.89. The zero-order valence-electron chi connectivity index (χ0n) is 15.1. The number of nitrogens with one attached hydrogen (secondary N) is 1. The summed E-state index contributed by atoms with van der Waals surface area (Å²) in [4.78, 5) is 15.7. The predicted molar refractivity (Wildman–Crippen MR) is 97.1 cm³/mol. The fraction of sp³-hybridized carbons (Fsp3) is 0.667. The fourth-order valence-corrected chi connectivity index (χ4v) is 4.06. The molecule has 25 heavy (non-hydrogen) atoms. The smallest absolute Gasteiger partial charge is 0.310 e. The molecule has 0 saturated carbocycles. The topological polar surface area (TPSA) is 70.9 Å². The zero-order chi connectivity index (χ0) is 17.8. The SMILES string of the molecule is COc1cc([C@H](C2CCCNC2)N2CCN(C)CC2)ccc1[N+](=O)[O-]. The van der Waals surface area contributed by atoms with Crippen LogP contribution in [0.5, 0.6) is 5.75 Å². The van der Waals surface area contributed by atoms with Crippen LogP contribution in [-0.2, 0) is 0 Å². The molecule has 7 heteroatoms. The Morgan fingerprint density at radius 3 is 2.68 bits per heavy atom. The van der Waals surface area contributed by atoms with E-state index in [1.54, 1.807) is 6.07 Å². The Kier molecular flexibility index (Phi) is 5.88. The average molecular weight is 348 g/mol. The molecule has 1 aromatic rings. The summed E-state index contributed by atoms with van der Waals surface area (Å²) >= 11 is 0. The van der Waals surface area contributed by atoms with Crippen LogP contribution in [0.15, 0.2) is 18.2 Å². The number of methoxy groups -OCH3 is 1. The van der Waals surface area contributed by atoms with Gasteiger partial charge in [0.25, 0.3) is 0 Å². The van der Waals surface area contributed by atoms with Crippen LogP contribution in [0.1, 0.15) is 24.4 Å². The summed E-state index contributed by atoms with van der Waals surface area (Å²) in [7, 11) is 3.66. The molecule has 0 radical (unpaired) electrons. The summed E-state index contributed by atoms with van der Waals surface area (Å²) < 4.78 is 5.31. The molecule has 3 rings (SSSR count). The first-order valence-corrected chi connectivity index (χ1v) is 9.06. The van der Waals surface area contributed by atoms with Crippen molar-refractivity contribution >= 4 is 5.69 Å². The van der Waals surface area contributed by atoms with Crippen LogP contribution in [0.2, 0.25) is 0 Å². The molecule has 2 aliphatic rings. The van der Waals surface area contributed by atoms with Crippen LogP contribution in [0, 0.1) is 16.0 Å². The normalized spacial score (nSPS) is 24.0. The van der Waals surface area contributed by atoms with E-state index in [1.807, 2.05) is 12.1 Å². The number of piperazine rings is 1. The highest BCUT2D eigenvalue weighted by atomic mass is 16.6. The Hall–Kier alpha value is -1.70. The van der Waals surface area contributed by atoms with E-state index in [1.165, 1.54) is 20.0 Å². The van der Waals surface area contributed by atoms with Gasteiger partial charge in [0.05, 0.1) is 12.0 Å². The number of piperidine rings is 1. The average Bonchev–Trinajstić information content (AvgIpc) is 2.64. The lowest BCUT2D eigenvalue weighted by molar-refractivity contribution is -0.385. The second-order valence-electron chi connectivity index (χ2n) is 7.08. The summed E-state index contributed by atoms with van der Waals surface area (Å²) in [6.07, 6.45) is 2.36. The Morgan fingerprint density at radius 1 is 1.32 bits per heavy atom. The van der Waals surface area contributed by atoms with Gasteiger partial charge >= 0.3 is 5.69 Å². The molecule has 2 saturated heterocycles. The number of nitro groups is 1. The maximum absolute atomic E-state index is 11.2. The van der Waals surface area contributed by atoms with Gasteiger partial charge in [0.1, 0.15) is 0 Å². The molecular weight excluding hydrogens is 320 g/mol. The Morgan fingerprint density at radius 2 is 2.08 bits per heavy atom. The lowest BCUT2D eigenvalue weighted by atomic mass is 9.85. The minimum Gasteiger partial charge on any atom is -0.490 e. The first kappa shape index (κ1) is 18.1. The minimum atomic E-state index is -0.379. The third kappa shape index (κ3) is 4.11. The lowest BCUT2D eigenvalue weighted by Crippen LogP contribution is -2.49. The zero-order valence-corrected chi connectivity index (χ0v) is 15.1. The summed E-state index contributed by atoms with van der Waals surface area (Å²) in [6, 6.07) is 5.65. The Balaban J connectivity index is 1.91. The van der Waals surface area contributed by atoms with Crippen LogP contribution in [0.3, 0.4) is 0 Å². The largest absolute Gasteiger partial charge is 0.490 e. The molecule has 0 aliphatic carbocycles. The van der Waals surface area contributed by atoms with Gasteiger partial charge in [-0.1, -0.05) is 6.07 Å². The van der Waals surface area contributed by atoms with E-state index in [2.05, 4.69) is 22.2 Å². The van der Waals surface area contributed by atoms with Crippen LogP contribution in [0.4, 0.5) is 5.69 Å². The van der Waals surface area contributed by atoms with Crippen molar-refractivity contribution in [1.29, 1.82) is 0 Å². The van der Waals surface area contributed by atoms with Crippen LogP contribution >= 0.6 is 0 Å². The Bertz CT molecular complexity index is 596. The van der Waals surface area contributed by atoms with E-state index in [4.69, 9.17) is 4.74 Å². The quantitative estimate of drug-likeness (QED) is 0.647. The number of hydrogen-bond acceptors (Lipinski definition) is 6. The van der Waals surface area contributed by atoms with Gasteiger partial charge in [-0.2, -0.15) is 0 Å². The number of rotatable bonds is 5. The van der Waals surface area contributed by atoms with Gasteiger partial charge < -0.3 is 15.0 Å². The van der Waals surface area contributed by atoms with Crippen molar-refractivity contribution in [2.75, 3.05) is 53.4 Å². The van der Waals surface area contributed by atoms with Crippen molar-refractivity contribution in [2.45, 2.75) is 18.9 Å². The molecule has 1 unspecified atom stereocenters. The number of ether oxygens (including phenoxy) is 1. The maximum atomic E-state index is 11.2. The maximum Gasteiger partial charge on any atom is 0.310 e. The monoisotopic (exact) mass is 348 g/mol. The van der Waals surface area contributed by atoms with E-state index in [9.17, 15) is 10.1 Å². The summed E-state index contributed by atoms with van der Waals surface area (Å²) in [5.74, 6) is 0.869. The van der Waals surface area contributed by atoms with E-state index in [0.717, 1.165) is 44.8 Å². The third-order valence-corrected chi connectivity index (χ3v) is 5.45. The molecule has 1 aromatic carbocycles. The molecule has 0 aromatic heterocycles. The van der Waals surface area contributed by atoms with Crippen molar-refractivity contribution in [3.05, 3.63) is 33.9 Å². The first-order valence-electron chi connectivity index (χ1n) is 9.06. The van der Waals surface area contributed by atoms with Crippen molar-refractivity contribution in [1.82, 2.24) is 15.1 Å². The van der Waals surface area contributed by atoms with Gasteiger partial charge in [0.15, 0.2) is 5.75 Å². The number of hydrogen-bond donors (Lipinski definition) is 1. The van der Waals surface area contributed by atoms with Crippen molar-refractivity contribution in [2.24, 2.45) is 5.92 Å². The second kappa shape index (κ2) is 8.12. The Labute approximate surface area is 149 Å². The van der Waals surface area contributed by atoms with Gasteiger partial charge in [0, 0.05) is 38.3 Å². The summed E-state index contributed by atoms with van der Waals surface area (Å²) in [5.41, 5.74) is 1.16. The van der Waals surface area contributed by atoms with E-state index < -0.39 is 0 Å². The molecule has 0 bridgehead atoms.